The molecule has 0 aromatic heterocycles. The van der Waals surface area contributed by atoms with Gasteiger partial charge in [-0.25, -0.2) is 0 Å². The molecule has 2 rings (SSSR count). The Morgan fingerprint density at radius 3 is 2.56 bits per heavy atom. The summed E-state index contributed by atoms with van der Waals surface area (Å²) in [6, 6.07) is 4.70. The smallest absolute Gasteiger partial charge is 0.241 e. The lowest BCUT2D eigenvalue weighted by Gasteiger charge is -2.34. The van der Waals surface area contributed by atoms with Crippen molar-refractivity contribution in [3.05, 3.63) is 28.2 Å². The third-order valence-corrected chi connectivity index (χ3v) is 5.11. The second kappa shape index (κ2) is 9.41. The standard InChI is InChI=1S/C18H25Cl2N3O2/c1-3-8-21-18(25)13-6-9-23(10-7-13)12(2)17(24)22-16-5-4-14(19)11-15(16)20/h4-5,11-13H,3,6-10H2,1-2H3,(H,21,25)(H,22,24)/t12-/m0/s1. The SMILES string of the molecule is CCCNC(=O)C1CCN([C@@H](C)C(=O)Nc2ccc(Cl)cc2Cl)CC1. The minimum absolute atomic E-state index is 0.0452. The molecule has 7 heteroatoms. The first-order valence-corrected chi connectivity index (χ1v) is 9.45. The van der Waals surface area contributed by atoms with Crippen molar-refractivity contribution in [1.29, 1.82) is 0 Å². The van der Waals surface area contributed by atoms with Crippen molar-refractivity contribution < 1.29 is 9.59 Å². The van der Waals surface area contributed by atoms with Gasteiger partial charge >= 0.3 is 0 Å². The first kappa shape index (κ1) is 20.0. The van der Waals surface area contributed by atoms with E-state index >= 15 is 0 Å². The Kier molecular flexibility index (Phi) is 7.54. The Bertz CT molecular complexity index is 616. The summed E-state index contributed by atoms with van der Waals surface area (Å²) in [7, 11) is 0. The molecule has 1 aliphatic heterocycles. The number of amides is 2. The number of carbonyl (C=O) groups is 2. The van der Waals surface area contributed by atoms with Crippen LogP contribution in [-0.2, 0) is 9.59 Å². The Balaban J connectivity index is 1.86. The van der Waals surface area contributed by atoms with Crippen LogP contribution in [0.5, 0.6) is 0 Å². The lowest BCUT2D eigenvalue weighted by Crippen LogP contribution is -2.48. The minimum atomic E-state index is -0.286. The zero-order valence-electron chi connectivity index (χ0n) is 14.6. The number of carbonyl (C=O) groups excluding carboxylic acids is 2. The third-order valence-electron chi connectivity index (χ3n) is 4.57. The molecule has 5 nitrogen and oxygen atoms in total. The van der Waals surface area contributed by atoms with Gasteiger partial charge in [-0.2, -0.15) is 0 Å². The van der Waals surface area contributed by atoms with Crippen molar-refractivity contribution in [2.45, 2.75) is 39.2 Å². The van der Waals surface area contributed by atoms with Crippen LogP contribution in [0.25, 0.3) is 0 Å². The lowest BCUT2D eigenvalue weighted by atomic mass is 9.95. The van der Waals surface area contributed by atoms with Crippen molar-refractivity contribution in [3.8, 4) is 0 Å². The Morgan fingerprint density at radius 1 is 1.28 bits per heavy atom. The highest BCUT2D eigenvalue weighted by Crippen LogP contribution is 2.26. The van der Waals surface area contributed by atoms with Gasteiger partial charge < -0.3 is 10.6 Å². The molecule has 0 spiro atoms. The Labute approximate surface area is 159 Å². The maximum absolute atomic E-state index is 12.5. The van der Waals surface area contributed by atoms with Gasteiger partial charge in [0.15, 0.2) is 0 Å². The summed E-state index contributed by atoms with van der Waals surface area (Å²) in [5.74, 6) is 0.0634. The maximum atomic E-state index is 12.5. The fraction of sp³-hybridized carbons (Fsp3) is 0.556. The number of hydrogen-bond donors (Lipinski definition) is 2. The summed E-state index contributed by atoms with van der Waals surface area (Å²) < 4.78 is 0. The van der Waals surface area contributed by atoms with Crippen LogP contribution >= 0.6 is 23.2 Å². The molecule has 2 amide bonds. The molecule has 2 N–H and O–H groups in total. The number of hydrogen-bond acceptors (Lipinski definition) is 3. The molecule has 1 saturated heterocycles. The van der Waals surface area contributed by atoms with Crippen molar-refractivity contribution in [3.63, 3.8) is 0 Å². The second-order valence-corrected chi connectivity index (χ2v) is 7.23. The fourth-order valence-electron chi connectivity index (χ4n) is 2.94. The molecule has 1 atom stereocenters. The molecular weight excluding hydrogens is 361 g/mol. The van der Waals surface area contributed by atoms with E-state index in [0.29, 0.717) is 15.7 Å². The van der Waals surface area contributed by atoms with E-state index < -0.39 is 0 Å². The summed E-state index contributed by atoms with van der Waals surface area (Å²) in [5, 5.41) is 6.74. The summed E-state index contributed by atoms with van der Waals surface area (Å²) >= 11 is 12.0. The zero-order chi connectivity index (χ0) is 18.4. The molecule has 138 valence electrons. The number of anilines is 1. The number of likely N-dealkylation sites (tertiary alicyclic amines) is 1. The topological polar surface area (TPSA) is 61.4 Å². The number of nitrogens with one attached hydrogen (secondary N) is 2. The van der Waals surface area contributed by atoms with Gasteiger partial charge in [0.1, 0.15) is 0 Å². The van der Waals surface area contributed by atoms with Crippen LogP contribution in [0.3, 0.4) is 0 Å². The summed E-state index contributed by atoms with van der Waals surface area (Å²) in [4.78, 5) is 26.6. The minimum Gasteiger partial charge on any atom is -0.356 e. The van der Waals surface area contributed by atoms with Gasteiger partial charge in [-0.3, -0.25) is 14.5 Å². The van der Waals surface area contributed by atoms with Gasteiger partial charge in [0.2, 0.25) is 11.8 Å². The van der Waals surface area contributed by atoms with Crippen LogP contribution in [0.15, 0.2) is 18.2 Å². The van der Waals surface area contributed by atoms with E-state index in [4.69, 9.17) is 23.2 Å². The molecule has 1 aliphatic rings. The predicted molar refractivity (Wildman–Crippen MR) is 102 cm³/mol. The summed E-state index contributed by atoms with van der Waals surface area (Å²) in [6.07, 6.45) is 2.48. The highest BCUT2D eigenvalue weighted by atomic mass is 35.5. The summed E-state index contributed by atoms with van der Waals surface area (Å²) in [5.41, 5.74) is 0.553. The van der Waals surface area contributed by atoms with Crippen LogP contribution in [0.4, 0.5) is 5.69 Å². The van der Waals surface area contributed by atoms with Crippen LogP contribution < -0.4 is 10.6 Å². The second-order valence-electron chi connectivity index (χ2n) is 6.39. The largest absolute Gasteiger partial charge is 0.356 e. The van der Waals surface area contributed by atoms with Gasteiger partial charge in [-0.1, -0.05) is 30.1 Å². The fourth-order valence-corrected chi connectivity index (χ4v) is 3.39. The van der Waals surface area contributed by atoms with Crippen molar-refractivity contribution in [1.82, 2.24) is 10.2 Å². The van der Waals surface area contributed by atoms with E-state index in [1.165, 1.54) is 0 Å². The maximum Gasteiger partial charge on any atom is 0.241 e. The number of halogens is 2. The molecule has 0 bridgehead atoms. The molecule has 25 heavy (non-hydrogen) atoms. The van der Waals surface area contributed by atoms with E-state index in [2.05, 4.69) is 15.5 Å². The van der Waals surface area contributed by atoms with Crippen LogP contribution in [0, 0.1) is 5.92 Å². The Hall–Kier alpha value is -1.30. The molecular formula is C18H25Cl2N3O2. The highest BCUT2D eigenvalue weighted by molar-refractivity contribution is 6.36. The monoisotopic (exact) mass is 385 g/mol. The van der Waals surface area contributed by atoms with Gasteiger partial charge in [-0.05, 0) is 57.5 Å². The van der Waals surface area contributed by atoms with E-state index in [-0.39, 0.29) is 23.8 Å². The average molecular weight is 386 g/mol. The van der Waals surface area contributed by atoms with E-state index in [0.717, 1.165) is 38.9 Å². The molecule has 1 heterocycles. The van der Waals surface area contributed by atoms with Gasteiger partial charge in [0.25, 0.3) is 0 Å². The Morgan fingerprint density at radius 2 is 1.96 bits per heavy atom. The van der Waals surface area contributed by atoms with Crippen LogP contribution in [0.2, 0.25) is 10.0 Å². The first-order chi connectivity index (χ1) is 11.9. The average Bonchev–Trinajstić information content (AvgIpc) is 2.61. The van der Waals surface area contributed by atoms with E-state index in [1.807, 2.05) is 13.8 Å². The molecule has 0 aliphatic carbocycles. The number of nitrogens with zero attached hydrogens (tertiary/aromatic N) is 1. The van der Waals surface area contributed by atoms with Gasteiger partial charge in [0.05, 0.1) is 16.8 Å². The number of benzene rings is 1. The van der Waals surface area contributed by atoms with Crippen molar-refractivity contribution in [2.24, 2.45) is 5.92 Å². The number of rotatable bonds is 6. The van der Waals surface area contributed by atoms with E-state index in [1.54, 1.807) is 18.2 Å². The molecule has 0 radical (unpaired) electrons. The molecule has 1 aromatic carbocycles. The zero-order valence-corrected chi connectivity index (χ0v) is 16.2. The highest BCUT2D eigenvalue weighted by Gasteiger charge is 2.29. The van der Waals surface area contributed by atoms with Gasteiger partial charge in [0, 0.05) is 17.5 Å². The van der Waals surface area contributed by atoms with Crippen LogP contribution in [0.1, 0.15) is 33.1 Å². The first-order valence-electron chi connectivity index (χ1n) is 8.70. The quantitative estimate of drug-likeness (QED) is 0.786. The predicted octanol–water partition coefficient (Wildman–Crippen LogP) is 3.56. The molecule has 1 aromatic rings. The van der Waals surface area contributed by atoms with Crippen molar-refractivity contribution in [2.75, 3.05) is 25.0 Å². The number of piperidine rings is 1. The molecule has 1 fully saturated rings. The van der Waals surface area contributed by atoms with Crippen LogP contribution in [-0.4, -0.2) is 42.4 Å². The van der Waals surface area contributed by atoms with E-state index in [9.17, 15) is 9.59 Å². The molecule has 0 unspecified atom stereocenters. The molecule has 0 saturated carbocycles. The lowest BCUT2D eigenvalue weighted by molar-refractivity contribution is -0.127. The third kappa shape index (κ3) is 5.59. The van der Waals surface area contributed by atoms with Crippen molar-refractivity contribution >= 4 is 40.7 Å². The summed E-state index contributed by atoms with van der Waals surface area (Å²) in [6.45, 7) is 6.09. The normalized spacial score (nSPS) is 17.1. The van der Waals surface area contributed by atoms with Gasteiger partial charge in [-0.15, -0.1) is 0 Å².